The van der Waals surface area contributed by atoms with Crippen molar-refractivity contribution < 1.29 is 9.53 Å². The van der Waals surface area contributed by atoms with Gasteiger partial charge < -0.3 is 14.6 Å². The zero-order chi connectivity index (χ0) is 16.1. The fourth-order valence-electron chi connectivity index (χ4n) is 2.11. The van der Waals surface area contributed by atoms with Crippen molar-refractivity contribution in [3.05, 3.63) is 52.3 Å². The first-order valence-corrected chi connectivity index (χ1v) is 7.11. The van der Waals surface area contributed by atoms with Gasteiger partial charge >= 0.3 is 0 Å². The maximum absolute atomic E-state index is 12.4. The number of methoxy groups -OCH3 is 1. The number of rotatable bonds is 5. The van der Waals surface area contributed by atoms with Gasteiger partial charge in [-0.1, -0.05) is 17.7 Å². The molecule has 1 aromatic heterocycles. The van der Waals surface area contributed by atoms with Crippen molar-refractivity contribution in [1.82, 2.24) is 9.88 Å². The molecule has 1 amide bonds. The molecular weight excluding hydrogens is 302 g/mol. The van der Waals surface area contributed by atoms with Gasteiger partial charge in [0.1, 0.15) is 11.8 Å². The van der Waals surface area contributed by atoms with E-state index in [-0.39, 0.29) is 11.6 Å². The van der Waals surface area contributed by atoms with E-state index >= 15 is 0 Å². The summed E-state index contributed by atoms with van der Waals surface area (Å²) in [6.45, 7) is 2.71. The molecule has 22 heavy (non-hydrogen) atoms. The summed E-state index contributed by atoms with van der Waals surface area (Å²) in [7, 11) is 1.56. The lowest BCUT2D eigenvalue weighted by Crippen LogP contribution is -2.29. The maximum atomic E-state index is 12.4. The predicted octanol–water partition coefficient (Wildman–Crippen LogP) is 2.69. The van der Waals surface area contributed by atoms with Crippen LogP contribution in [-0.4, -0.2) is 30.7 Å². The highest BCUT2D eigenvalue weighted by atomic mass is 35.5. The molecule has 1 aromatic carbocycles. The van der Waals surface area contributed by atoms with Crippen LogP contribution in [0.2, 0.25) is 5.02 Å². The van der Waals surface area contributed by atoms with Crippen molar-refractivity contribution in [1.29, 1.82) is 5.26 Å². The van der Waals surface area contributed by atoms with Crippen molar-refractivity contribution in [2.24, 2.45) is 0 Å². The molecule has 1 heterocycles. The number of carbonyl (C=O) groups is 1. The number of benzene rings is 1. The predicted molar refractivity (Wildman–Crippen MR) is 84.4 cm³/mol. The van der Waals surface area contributed by atoms with E-state index in [0.717, 1.165) is 5.56 Å². The number of nitriles is 1. The third-order valence-electron chi connectivity index (χ3n) is 3.18. The van der Waals surface area contributed by atoms with Crippen molar-refractivity contribution in [3.8, 4) is 11.8 Å². The molecule has 0 fully saturated rings. The van der Waals surface area contributed by atoms with Crippen molar-refractivity contribution in [2.45, 2.75) is 6.92 Å². The topological polar surface area (TPSA) is 67.0 Å². The minimum atomic E-state index is -0.338. The maximum Gasteiger partial charge on any atom is 0.269 e. The molecule has 114 valence electrons. The Balaban J connectivity index is 2.43. The van der Waals surface area contributed by atoms with Crippen LogP contribution in [0.25, 0.3) is 5.69 Å². The molecule has 0 atom stereocenters. The van der Waals surface area contributed by atoms with E-state index in [2.05, 4.69) is 5.32 Å². The Kier molecular flexibility index (Phi) is 5.21. The van der Waals surface area contributed by atoms with Crippen LogP contribution < -0.4 is 5.32 Å². The largest absolute Gasteiger partial charge is 0.383 e. The number of hydrogen-bond donors (Lipinski definition) is 1. The highest BCUT2D eigenvalue weighted by Crippen LogP contribution is 2.25. The number of aromatic nitrogens is 1. The zero-order valence-corrected chi connectivity index (χ0v) is 13.1. The fraction of sp³-hybridized carbons (Fsp3) is 0.250. The molecule has 0 radical (unpaired) electrons. The number of aryl methyl sites for hydroxylation is 1. The van der Waals surface area contributed by atoms with Crippen LogP contribution in [0.3, 0.4) is 0 Å². The van der Waals surface area contributed by atoms with E-state index in [0.29, 0.717) is 29.4 Å². The van der Waals surface area contributed by atoms with E-state index in [1.54, 1.807) is 23.9 Å². The van der Waals surface area contributed by atoms with Crippen molar-refractivity contribution >= 4 is 17.5 Å². The Morgan fingerprint density at radius 3 is 2.86 bits per heavy atom. The molecule has 0 spiro atoms. The van der Waals surface area contributed by atoms with Gasteiger partial charge in [-0.05, 0) is 30.7 Å². The number of nitrogens with one attached hydrogen (secondary N) is 1. The lowest BCUT2D eigenvalue weighted by atomic mass is 10.2. The molecule has 0 unspecified atom stereocenters. The van der Waals surface area contributed by atoms with Gasteiger partial charge in [-0.15, -0.1) is 0 Å². The molecule has 0 aliphatic rings. The second kappa shape index (κ2) is 7.12. The summed E-state index contributed by atoms with van der Waals surface area (Å²) in [5.74, 6) is -0.338. The summed E-state index contributed by atoms with van der Waals surface area (Å²) in [6.07, 6.45) is 1.67. The molecule has 5 nitrogen and oxygen atoms in total. The standard InChI is InChI=1S/C16H16ClN3O2/c1-11-3-4-14(13(17)9-11)20-7-5-12(10-18)15(20)16(21)19-6-8-22-2/h3-5,7,9H,6,8H2,1-2H3,(H,19,21). The van der Waals surface area contributed by atoms with Crippen LogP contribution >= 0.6 is 11.6 Å². The van der Waals surface area contributed by atoms with Gasteiger partial charge in [-0.3, -0.25) is 4.79 Å². The summed E-state index contributed by atoms with van der Waals surface area (Å²) in [4.78, 5) is 12.4. The molecule has 0 aliphatic heterocycles. The van der Waals surface area contributed by atoms with Crippen LogP contribution in [0, 0.1) is 18.3 Å². The Bertz CT molecular complexity index is 731. The molecule has 0 bridgehead atoms. The van der Waals surface area contributed by atoms with Crippen LogP contribution in [0.5, 0.6) is 0 Å². The third kappa shape index (κ3) is 3.30. The normalized spacial score (nSPS) is 10.3. The highest BCUT2D eigenvalue weighted by Gasteiger charge is 2.19. The van der Waals surface area contributed by atoms with E-state index in [1.807, 2.05) is 31.2 Å². The zero-order valence-electron chi connectivity index (χ0n) is 12.4. The van der Waals surface area contributed by atoms with Gasteiger partial charge in [0.05, 0.1) is 22.9 Å². The Morgan fingerprint density at radius 2 is 2.23 bits per heavy atom. The Hall–Kier alpha value is -2.29. The molecule has 0 saturated heterocycles. The second-order valence-electron chi connectivity index (χ2n) is 4.76. The minimum Gasteiger partial charge on any atom is -0.383 e. The number of carbonyl (C=O) groups excluding carboxylic acids is 1. The van der Waals surface area contributed by atoms with Crippen LogP contribution in [0.4, 0.5) is 0 Å². The van der Waals surface area contributed by atoms with Crippen molar-refractivity contribution in [2.75, 3.05) is 20.3 Å². The smallest absolute Gasteiger partial charge is 0.269 e. The van der Waals surface area contributed by atoms with E-state index in [4.69, 9.17) is 16.3 Å². The van der Waals surface area contributed by atoms with Gasteiger partial charge in [-0.25, -0.2) is 0 Å². The first-order chi connectivity index (χ1) is 10.6. The number of ether oxygens (including phenoxy) is 1. The van der Waals surface area contributed by atoms with E-state index in [1.165, 1.54) is 0 Å². The van der Waals surface area contributed by atoms with Crippen LogP contribution in [-0.2, 0) is 4.74 Å². The summed E-state index contributed by atoms with van der Waals surface area (Å²) >= 11 is 6.26. The van der Waals surface area contributed by atoms with Crippen LogP contribution in [0.15, 0.2) is 30.5 Å². The second-order valence-corrected chi connectivity index (χ2v) is 5.17. The van der Waals surface area contributed by atoms with Crippen molar-refractivity contribution in [3.63, 3.8) is 0 Å². The summed E-state index contributed by atoms with van der Waals surface area (Å²) in [6, 6.07) is 9.17. The molecule has 1 N–H and O–H groups in total. The number of halogens is 1. The average molecular weight is 318 g/mol. The third-order valence-corrected chi connectivity index (χ3v) is 3.48. The first-order valence-electron chi connectivity index (χ1n) is 6.73. The quantitative estimate of drug-likeness (QED) is 0.862. The highest BCUT2D eigenvalue weighted by molar-refractivity contribution is 6.32. The first kappa shape index (κ1) is 16.1. The SMILES string of the molecule is COCCNC(=O)c1c(C#N)ccn1-c1ccc(C)cc1Cl. The lowest BCUT2D eigenvalue weighted by Gasteiger charge is -2.12. The fourth-order valence-corrected chi connectivity index (χ4v) is 2.44. The lowest BCUT2D eigenvalue weighted by molar-refractivity contribution is 0.0930. The molecular formula is C16H16ClN3O2. The summed E-state index contributed by atoms with van der Waals surface area (Å²) in [5, 5.41) is 12.5. The van der Waals surface area contributed by atoms with Crippen LogP contribution in [0.1, 0.15) is 21.6 Å². The molecule has 6 heteroatoms. The molecule has 2 rings (SSSR count). The molecule has 2 aromatic rings. The van der Waals surface area contributed by atoms with Gasteiger partial charge in [0.15, 0.2) is 0 Å². The molecule has 0 aliphatic carbocycles. The Morgan fingerprint density at radius 1 is 1.45 bits per heavy atom. The number of amides is 1. The van der Waals surface area contributed by atoms with Gasteiger partial charge in [0, 0.05) is 19.9 Å². The van der Waals surface area contributed by atoms with Gasteiger partial charge in [0.25, 0.3) is 5.91 Å². The Labute approximate surface area is 134 Å². The van der Waals surface area contributed by atoms with Gasteiger partial charge in [0.2, 0.25) is 0 Å². The summed E-state index contributed by atoms with van der Waals surface area (Å²) in [5.41, 5.74) is 2.24. The summed E-state index contributed by atoms with van der Waals surface area (Å²) < 4.78 is 6.53. The van der Waals surface area contributed by atoms with E-state index < -0.39 is 0 Å². The molecule has 0 saturated carbocycles. The monoisotopic (exact) mass is 317 g/mol. The van der Waals surface area contributed by atoms with Gasteiger partial charge in [-0.2, -0.15) is 5.26 Å². The average Bonchev–Trinajstić information content (AvgIpc) is 2.91. The van der Waals surface area contributed by atoms with E-state index in [9.17, 15) is 10.1 Å². The number of hydrogen-bond acceptors (Lipinski definition) is 3. The minimum absolute atomic E-state index is 0.268. The number of nitrogens with zero attached hydrogens (tertiary/aromatic N) is 2.